The number of rotatable bonds is 9. The first-order valence-corrected chi connectivity index (χ1v) is 6.67. The lowest BCUT2D eigenvalue weighted by molar-refractivity contribution is -0.137. The third kappa shape index (κ3) is 6.65. The average molecular weight is 224 g/mol. The van der Waals surface area contributed by atoms with Gasteiger partial charge in [0, 0.05) is 6.42 Å². The molecule has 1 aliphatic carbocycles. The lowest BCUT2D eigenvalue weighted by Crippen LogP contribution is -1.94. The molecule has 1 N–H and O–H groups in total. The molecule has 0 amide bonds. The van der Waals surface area contributed by atoms with Crippen LogP contribution in [0.4, 0.5) is 0 Å². The van der Waals surface area contributed by atoms with Crippen LogP contribution in [-0.4, -0.2) is 11.1 Å². The molecule has 1 aliphatic rings. The molecule has 1 unspecified atom stereocenters. The minimum Gasteiger partial charge on any atom is -0.481 e. The van der Waals surface area contributed by atoms with Crippen molar-refractivity contribution >= 4 is 5.97 Å². The molecule has 0 saturated carbocycles. The van der Waals surface area contributed by atoms with Crippen LogP contribution in [0.5, 0.6) is 0 Å². The van der Waals surface area contributed by atoms with Gasteiger partial charge in [-0.15, -0.1) is 0 Å². The van der Waals surface area contributed by atoms with Gasteiger partial charge in [0.05, 0.1) is 0 Å². The number of unbranched alkanes of at least 4 members (excludes halogenated alkanes) is 5. The van der Waals surface area contributed by atoms with Gasteiger partial charge in [0.25, 0.3) is 0 Å². The predicted octanol–water partition coefficient (Wildman–Crippen LogP) is 4.16. The molecule has 0 aliphatic heterocycles. The predicted molar refractivity (Wildman–Crippen MR) is 66.4 cm³/mol. The third-order valence-corrected chi connectivity index (χ3v) is 3.33. The van der Waals surface area contributed by atoms with E-state index >= 15 is 0 Å². The first-order valence-electron chi connectivity index (χ1n) is 6.67. The van der Waals surface area contributed by atoms with Crippen LogP contribution in [-0.2, 0) is 4.79 Å². The van der Waals surface area contributed by atoms with E-state index in [4.69, 9.17) is 5.11 Å². The number of allylic oxidation sites excluding steroid dienone is 2. The van der Waals surface area contributed by atoms with Crippen LogP contribution in [0.25, 0.3) is 0 Å². The second kappa shape index (κ2) is 8.37. The van der Waals surface area contributed by atoms with E-state index in [0.29, 0.717) is 6.42 Å². The molecule has 2 nitrogen and oxygen atoms in total. The summed E-state index contributed by atoms with van der Waals surface area (Å²) in [4.78, 5) is 10.3. The molecule has 16 heavy (non-hydrogen) atoms. The smallest absolute Gasteiger partial charge is 0.303 e. The van der Waals surface area contributed by atoms with Gasteiger partial charge in [-0.05, 0) is 31.6 Å². The summed E-state index contributed by atoms with van der Waals surface area (Å²) in [6.45, 7) is 0. The van der Waals surface area contributed by atoms with E-state index in [1.165, 1.54) is 44.9 Å². The maximum Gasteiger partial charge on any atom is 0.303 e. The Bertz CT molecular complexity index is 221. The Hall–Kier alpha value is -0.790. The lowest BCUT2D eigenvalue weighted by atomic mass is 10.00. The molecule has 0 aromatic heterocycles. The van der Waals surface area contributed by atoms with Crippen LogP contribution in [0.2, 0.25) is 0 Å². The highest BCUT2D eigenvalue weighted by Crippen LogP contribution is 2.23. The van der Waals surface area contributed by atoms with E-state index < -0.39 is 5.97 Å². The average Bonchev–Trinajstić information content (AvgIpc) is 2.74. The zero-order chi connectivity index (χ0) is 11.6. The van der Waals surface area contributed by atoms with Crippen molar-refractivity contribution in [3.8, 4) is 0 Å². The number of aliphatic carboxylic acids is 1. The van der Waals surface area contributed by atoms with Gasteiger partial charge in [0.2, 0.25) is 0 Å². The minimum absolute atomic E-state index is 0.340. The molecule has 0 heterocycles. The second-order valence-electron chi connectivity index (χ2n) is 4.82. The van der Waals surface area contributed by atoms with Gasteiger partial charge in [-0.1, -0.05) is 44.3 Å². The summed E-state index contributed by atoms with van der Waals surface area (Å²) in [6, 6.07) is 0. The van der Waals surface area contributed by atoms with Crippen molar-refractivity contribution in [3.05, 3.63) is 12.2 Å². The molecule has 1 rings (SSSR count). The maximum absolute atomic E-state index is 10.3. The Morgan fingerprint density at radius 1 is 1.12 bits per heavy atom. The van der Waals surface area contributed by atoms with Crippen LogP contribution < -0.4 is 0 Å². The molecular weight excluding hydrogens is 200 g/mol. The largest absolute Gasteiger partial charge is 0.481 e. The standard InChI is InChI=1S/C14H24O2/c15-14(16)12-6-4-2-1-3-5-9-13-10-7-8-11-13/h7,10,13H,1-6,8-9,11-12H2,(H,15,16). The lowest BCUT2D eigenvalue weighted by Gasteiger charge is -2.06. The molecule has 0 spiro atoms. The van der Waals surface area contributed by atoms with E-state index in [1.54, 1.807) is 0 Å². The monoisotopic (exact) mass is 224 g/mol. The van der Waals surface area contributed by atoms with Gasteiger partial charge in [-0.25, -0.2) is 0 Å². The summed E-state index contributed by atoms with van der Waals surface area (Å²) in [6.07, 6.45) is 16.1. The van der Waals surface area contributed by atoms with Gasteiger partial charge >= 0.3 is 5.97 Å². The van der Waals surface area contributed by atoms with Crippen molar-refractivity contribution in [2.24, 2.45) is 5.92 Å². The number of carboxylic acids is 1. The third-order valence-electron chi connectivity index (χ3n) is 3.33. The van der Waals surface area contributed by atoms with Crippen LogP contribution in [0.15, 0.2) is 12.2 Å². The molecule has 2 heteroatoms. The van der Waals surface area contributed by atoms with Crippen molar-refractivity contribution in [1.29, 1.82) is 0 Å². The van der Waals surface area contributed by atoms with Crippen molar-refractivity contribution in [2.75, 3.05) is 0 Å². The van der Waals surface area contributed by atoms with Crippen molar-refractivity contribution in [3.63, 3.8) is 0 Å². The normalized spacial score (nSPS) is 19.1. The molecular formula is C14H24O2. The summed E-state index contributed by atoms with van der Waals surface area (Å²) in [5.74, 6) is 0.194. The van der Waals surface area contributed by atoms with Gasteiger partial charge in [0.1, 0.15) is 0 Å². The van der Waals surface area contributed by atoms with Gasteiger partial charge in [-0.2, -0.15) is 0 Å². The summed E-state index contributed by atoms with van der Waals surface area (Å²) in [5.41, 5.74) is 0. The number of hydrogen-bond acceptors (Lipinski definition) is 1. The van der Waals surface area contributed by atoms with E-state index in [2.05, 4.69) is 12.2 Å². The molecule has 92 valence electrons. The van der Waals surface area contributed by atoms with E-state index in [0.717, 1.165) is 18.8 Å². The zero-order valence-electron chi connectivity index (χ0n) is 10.2. The number of carbonyl (C=O) groups is 1. The fraction of sp³-hybridized carbons (Fsp3) is 0.786. The summed E-state index contributed by atoms with van der Waals surface area (Å²) < 4.78 is 0. The summed E-state index contributed by atoms with van der Waals surface area (Å²) in [7, 11) is 0. The molecule has 0 saturated heterocycles. The molecule has 0 bridgehead atoms. The van der Waals surface area contributed by atoms with E-state index in [1.807, 2.05) is 0 Å². The van der Waals surface area contributed by atoms with Crippen LogP contribution in [0, 0.1) is 5.92 Å². The topological polar surface area (TPSA) is 37.3 Å². The Morgan fingerprint density at radius 3 is 2.44 bits per heavy atom. The highest BCUT2D eigenvalue weighted by atomic mass is 16.4. The van der Waals surface area contributed by atoms with Crippen LogP contribution in [0.1, 0.15) is 64.2 Å². The SMILES string of the molecule is O=C(O)CCCCCCCCC1C=CCC1. The molecule has 1 atom stereocenters. The molecule has 0 aromatic rings. The molecule has 0 radical (unpaired) electrons. The van der Waals surface area contributed by atoms with Crippen LogP contribution in [0.3, 0.4) is 0 Å². The first-order chi connectivity index (χ1) is 7.79. The Balaban J connectivity index is 1.77. The first kappa shape index (κ1) is 13.3. The van der Waals surface area contributed by atoms with Crippen molar-refractivity contribution in [1.82, 2.24) is 0 Å². The quantitative estimate of drug-likeness (QED) is 0.471. The highest BCUT2D eigenvalue weighted by molar-refractivity contribution is 5.66. The Morgan fingerprint density at radius 2 is 1.81 bits per heavy atom. The fourth-order valence-corrected chi connectivity index (χ4v) is 2.33. The van der Waals surface area contributed by atoms with Gasteiger partial charge < -0.3 is 5.11 Å². The summed E-state index contributed by atoms with van der Waals surface area (Å²) in [5, 5.41) is 8.47. The Labute approximate surface area is 98.7 Å². The molecule has 0 aromatic carbocycles. The zero-order valence-corrected chi connectivity index (χ0v) is 10.2. The number of carboxylic acid groups (broad SMARTS) is 1. The second-order valence-corrected chi connectivity index (χ2v) is 4.82. The number of hydrogen-bond donors (Lipinski definition) is 1. The van der Waals surface area contributed by atoms with Crippen molar-refractivity contribution in [2.45, 2.75) is 64.2 Å². The summed E-state index contributed by atoms with van der Waals surface area (Å²) >= 11 is 0. The highest BCUT2D eigenvalue weighted by Gasteiger charge is 2.07. The van der Waals surface area contributed by atoms with Crippen molar-refractivity contribution < 1.29 is 9.90 Å². The molecule has 0 fully saturated rings. The van der Waals surface area contributed by atoms with Gasteiger partial charge in [0.15, 0.2) is 0 Å². The minimum atomic E-state index is -0.659. The maximum atomic E-state index is 10.3. The van der Waals surface area contributed by atoms with E-state index in [-0.39, 0.29) is 0 Å². The van der Waals surface area contributed by atoms with E-state index in [9.17, 15) is 4.79 Å². The van der Waals surface area contributed by atoms with Gasteiger partial charge in [-0.3, -0.25) is 4.79 Å². The fourth-order valence-electron chi connectivity index (χ4n) is 2.33. The Kier molecular flexibility index (Phi) is 6.95. The van der Waals surface area contributed by atoms with Crippen LogP contribution >= 0.6 is 0 Å².